The van der Waals surface area contributed by atoms with Crippen LogP contribution in [-0.2, 0) is 9.84 Å². The van der Waals surface area contributed by atoms with Crippen LogP contribution in [0.25, 0.3) is 0 Å². The Labute approximate surface area is 90.0 Å². The van der Waals surface area contributed by atoms with Crippen LogP contribution in [0, 0.1) is 0 Å². The molecule has 15 heavy (non-hydrogen) atoms. The first-order valence-electron chi connectivity index (χ1n) is 4.67. The zero-order valence-electron chi connectivity index (χ0n) is 8.39. The van der Waals surface area contributed by atoms with E-state index in [-0.39, 0.29) is 11.5 Å². The van der Waals surface area contributed by atoms with Gasteiger partial charge in [-0.2, -0.15) is 0 Å². The lowest BCUT2D eigenvalue weighted by Crippen LogP contribution is -2.06. The third kappa shape index (κ3) is 3.75. The summed E-state index contributed by atoms with van der Waals surface area (Å²) < 4.78 is 23.4. The second kappa shape index (κ2) is 4.98. The number of hydrogen-bond acceptors (Lipinski definition) is 3. The van der Waals surface area contributed by atoms with Crippen molar-refractivity contribution in [2.45, 2.75) is 17.7 Å². The molecule has 0 spiro atoms. The van der Waals surface area contributed by atoms with Gasteiger partial charge >= 0.3 is 0 Å². The Morgan fingerprint density at radius 1 is 1.27 bits per heavy atom. The maximum atomic E-state index is 11.7. The van der Waals surface area contributed by atoms with E-state index in [0.717, 1.165) is 0 Å². The Balaban J connectivity index is 2.65. The Morgan fingerprint density at radius 2 is 1.87 bits per heavy atom. The van der Waals surface area contributed by atoms with Crippen molar-refractivity contribution in [1.82, 2.24) is 0 Å². The normalized spacial score (nSPS) is 11.2. The van der Waals surface area contributed by atoms with E-state index in [1.807, 2.05) is 0 Å². The van der Waals surface area contributed by atoms with E-state index in [9.17, 15) is 8.42 Å². The van der Waals surface area contributed by atoms with Gasteiger partial charge in [-0.3, -0.25) is 0 Å². The zero-order valence-corrected chi connectivity index (χ0v) is 9.20. The summed E-state index contributed by atoms with van der Waals surface area (Å²) in [5.74, 6) is 0.0645. The number of rotatable bonds is 5. The molecule has 0 unspecified atom stereocenters. The largest absolute Gasteiger partial charge is 0.513 e. The highest BCUT2D eigenvalue weighted by Crippen LogP contribution is 2.12. The fourth-order valence-corrected chi connectivity index (χ4v) is 2.54. The van der Waals surface area contributed by atoms with Crippen molar-refractivity contribution in [1.29, 1.82) is 0 Å². The summed E-state index contributed by atoms with van der Waals surface area (Å²) in [6.07, 6.45) is 0.721. The van der Waals surface area contributed by atoms with Crippen molar-refractivity contribution in [3.8, 4) is 0 Å². The molecule has 0 amide bonds. The van der Waals surface area contributed by atoms with Gasteiger partial charge in [-0.05, 0) is 18.6 Å². The summed E-state index contributed by atoms with van der Waals surface area (Å²) in [5, 5.41) is 8.83. The minimum absolute atomic E-state index is 0.0262. The van der Waals surface area contributed by atoms with E-state index in [1.54, 1.807) is 30.3 Å². The average Bonchev–Trinajstić information content (AvgIpc) is 2.18. The molecular weight excluding hydrogens is 212 g/mol. The van der Waals surface area contributed by atoms with Crippen LogP contribution >= 0.6 is 0 Å². The van der Waals surface area contributed by atoms with Crippen LogP contribution in [0.2, 0.25) is 0 Å². The molecule has 1 rings (SSSR count). The third-order valence-corrected chi connectivity index (χ3v) is 3.80. The van der Waals surface area contributed by atoms with Gasteiger partial charge < -0.3 is 5.11 Å². The standard InChI is InChI=1S/C11H14O3S/c1-10(12)6-5-9-15(13,14)11-7-3-2-4-8-11/h2-4,7-8,12H,1,5-6,9H2. The lowest BCUT2D eigenvalue weighted by Gasteiger charge is -2.03. The van der Waals surface area contributed by atoms with Crippen molar-refractivity contribution >= 4 is 9.84 Å². The molecule has 0 heterocycles. The Kier molecular flexibility index (Phi) is 3.91. The number of aliphatic hydroxyl groups is 1. The molecule has 0 atom stereocenters. The van der Waals surface area contributed by atoms with Gasteiger partial charge in [0.15, 0.2) is 9.84 Å². The van der Waals surface area contributed by atoms with E-state index in [1.165, 1.54) is 0 Å². The molecule has 0 aliphatic heterocycles. The molecule has 0 fully saturated rings. The van der Waals surface area contributed by atoms with Crippen LogP contribution in [0.5, 0.6) is 0 Å². The van der Waals surface area contributed by atoms with Crippen molar-refractivity contribution in [2.75, 3.05) is 5.75 Å². The van der Waals surface area contributed by atoms with E-state index in [2.05, 4.69) is 6.58 Å². The molecule has 0 aromatic heterocycles. The molecule has 0 saturated carbocycles. The second-order valence-electron chi connectivity index (χ2n) is 3.30. The number of hydrogen-bond donors (Lipinski definition) is 1. The quantitative estimate of drug-likeness (QED) is 0.784. The van der Waals surface area contributed by atoms with Crippen molar-refractivity contribution < 1.29 is 13.5 Å². The number of allylic oxidation sites excluding steroid dienone is 1. The predicted octanol–water partition coefficient (Wildman–Crippen LogP) is 2.31. The first kappa shape index (κ1) is 11.8. The minimum Gasteiger partial charge on any atom is -0.513 e. The lowest BCUT2D eigenvalue weighted by molar-refractivity contribution is 0.390. The Morgan fingerprint density at radius 3 is 2.40 bits per heavy atom. The molecule has 0 aliphatic rings. The van der Waals surface area contributed by atoms with Gasteiger partial charge in [0.2, 0.25) is 0 Å². The summed E-state index contributed by atoms with van der Waals surface area (Å²) in [6.45, 7) is 3.31. The molecule has 4 heteroatoms. The van der Waals surface area contributed by atoms with Gasteiger partial charge in [-0.1, -0.05) is 24.8 Å². The fraction of sp³-hybridized carbons (Fsp3) is 0.273. The molecule has 1 aromatic carbocycles. The van der Waals surface area contributed by atoms with Gasteiger partial charge in [0.05, 0.1) is 16.4 Å². The topological polar surface area (TPSA) is 54.4 Å². The predicted molar refractivity (Wildman–Crippen MR) is 59.5 cm³/mol. The van der Waals surface area contributed by atoms with Crippen LogP contribution in [0.3, 0.4) is 0 Å². The van der Waals surface area contributed by atoms with E-state index in [0.29, 0.717) is 17.7 Å². The summed E-state index contributed by atoms with van der Waals surface area (Å²) in [4.78, 5) is 0.327. The molecule has 1 N–H and O–H groups in total. The average molecular weight is 226 g/mol. The van der Waals surface area contributed by atoms with Gasteiger partial charge in [0.25, 0.3) is 0 Å². The third-order valence-electron chi connectivity index (χ3n) is 1.98. The van der Waals surface area contributed by atoms with Crippen molar-refractivity contribution in [2.24, 2.45) is 0 Å². The summed E-state index contributed by atoms with van der Waals surface area (Å²) in [6, 6.07) is 8.30. The summed E-state index contributed by atoms with van der Waals surface area (Å²) >= 11 is 0. The fourth-order valence-electron chi connectivity index (χ4n) is 1.21. The van der Waals surface area contributed by atoms with E-state index in [4.69, 9.17) is 5.11 Å². The maximum Gasteiger partial charge on any atom is 0.178 e. The van der Waals surface area contributed by atoms with Crippen LogP contribution in [0.15, 0.2) is 47.6 Å². The summed E-state index contributed by atoms with van der Waals surface area (Å²) in [7, 11) is -3.21. The molecular formula is C11H14O3S. The summed E-state index contributed by atoms with van der Waals surface area (Å²) in [5.41, 5.74) is 0. The number of aliphatic hydroxyl groups excluding tert-OH is 1. The highest BCUT2D eigenvalue weighted by atomic mass is 32.2. The zero-order chi connectivity index (χ0) is 11.3. The van der Waals surface area contributed by atoms with E-state index >= 15 is 0 Å². The van der Waals surface area contributed by atoms with Crippen LogP contribution in [0.1, 0.15) is 12.8 Å². The van der Waals surface area contributed by atoms with Crippen molar-refractivity contribution in [3.63, 3.8) is 0 Å². The van der Waals surface area contributed by atoms with Gasteiger partial charge in [-0.25, -0.2) is 8.42 Å². The molecule has 3 nitrogen and oxygen atoms in total. The molecule has 0 aliphatic carbocycles. The molecule has 82 valence electrons. The molecule has 0 saturated heterocycles. The maximum absolute atomic E-state index is 11.7. The Hall–Kier alpha value is -1.29. The van der Waals surface area contributed by atoms with Crippen molar-refractivity contribution in [3.05, 3.63) is 42.7 Å². The molecule has 1 aromatic rings. The van der Waals surface area contributed by atoms with Crippen LogP contribution < -0.4 is 0 Å². The van der Waals surface area contributed by atoms with Gasteiger partial charge in [-0.15, -0.1) is 0 Å². The highest BCUT2D eigenvalue weighted by Gasteiger charge is 2.12. The molecule has 0 radical (unpaired) electrons. The molecule has 0 bridgehead atoms. The SMILES string of the molecule is C=C(O)CCCS(=O)(=O)c1ccccc1. The monoisotopic (exact) mass is 226 g/mol. The smallest absolute Gasteiger partial charge is 0.178 e. The lowest BCUT2D eigenvalue weighted by atomic mass is 10.3. The highest BCUT2D eigenvalue weighted by molar-refractivity contribution is 7.91. The number of sulfone groups is 1. The van der Waals surface area contributed by atoms with E-state index < -0.39 is 9.84 Å². The first-order valence-corrected chi connectivity index (χ1v) is 6.32. The van der Waals surface area contributed by atoms with Gasteiger partial charge in [0.1, 0.15) is 0 Å². The second-order valence-corrected chi connectivity index (χ2v) is 5.41. The number of benzene rings is 1. The van der Waals surface area contributed by atoms with Crippen LogP contribution in [-0.4, -0.2) is 19.3 Å². The minimum atomic E-state index is -3.21. The van der Waals surface area contributed by atoms with Crippen LogP contribution in [0.4, 0.5) is 0 Å². The Bertz CT molecular complexity index is 420. The first-order chi connectivity index (χ1) is 7.02. The van der Waals surface area contributed by atoms with Gasteiger partial charge in [0, 0.05) is 6.42 Å².